The molecule has 166 valence electrons. The first-order valence-corrected chi connectivity index (χ1v) is 11.1. The second kappa shape index (κ2) is 9.39. The molecule has 2 aromatic carbocycles. The highest BCUT2D eigenvalue weighted by molar-refractivity contribution is 6.03. The summed E-state index contributed by atoms with van der Waals surface area (Å²) in [5.41, 5.74) is 4.58. The molecule has 0 spiro atoms. The molecule has 0 atom stereocenters. The highest BCUT2D eigenvalue weighted by Crippen LogP contribution is 2.36. The zero-order valence-corrected chi connectivity index (χ0v) is 19.1. The highest BCUT2D eigenvalue weighted by Gasteiger charge is 2.25. The first-order chi connectivity index (χ1) is 15.5. The smallest absolute Gasteiger partial charge is 0.230 e. The van der Waals surface area contributed by atoms with Crippen LogP contribution in [0.25, 0.3) is 0 Å². The molecule has 1 heterocycles. The van der Waals surface area contributed by atoms with Crippen LogP contribution in [0.2, 0.25) is 0 Å². The number of aromatic nitrogens is 2. The number of nitrogens with one attached hydrogen (secondary N) is 1. The second-order valence-corrected chi connectivity index (χ2v) is 8.33. The molecule has 6 heteroatoms. The normalized spacial score (nSPS) is 12.7. The van der Waals surface area contributed by atoms with Gasteiger partial charge in [0.25, 0.3) is 0 Å². The van der Waals surface area contributed by atoms with E-state index < -0.39 is 0 Å². The minimum atomic E-state index is 0.117. The van der Waals surface area contributed by atoms with Crippen molar-refractivity contribution in [2.45, 2.75) is 52.4 Å². The lowest BCUT2D eigenvalue weighted by Crippen LogP contribution is -2.05. The summed E-state index contributed by atoms with van der Waals surface area (Å²) in [6, 6.07) is 11.8. The number of aryl methyl sites for hydroxylation is 2. The summed E-state index contributed by atoms with van der Waals surface area (Å²) in [6.45, 7) is 6.28. The summed E-state index contributed by atoms with van der Waals surface area (Å²) >= 11 is 0. The summed E-state index contributed by atoms with van der Waals surface area (Å²) in [6.07, 6.45) is 5.12. The van der Waals surface area contributed by atoms with Gasteiger partial charge in [-0.3, -0.25) is 4.79 Å². The predicted octanol–water partition coefficient (Wildman–Crippen LogP) is 6.23. The van der Waals surface area contributed by atoms with Crippen molar-refractivity contribution in [2.75, 3.05) is 12.4 Å². The van der Waals surface area contributed by atoms with E-state index in [-0.39, 0.29) is 11.7 Å². The zero-order chi connectivity index (χ0) is 22.7. The Labute approximate surface area is 189 Å². The van der Waals surface area contributed by atoms with E-state index in [9.17, 15) is 4.79 Å². The van der Waals surface area contributed by atoms with Gasteiger partial charge in [0.15, 0.2) is 5.78 Å². The van der Waals surface area contributed by atoms with Crippen LogP contribution in [0.15, 0.2) is 42.6 Å². The van der Waals surface area contributed by atoms with Gasteiger partial charge in [-0.2, -0.15) is 4.98 Å². The third-order valence-electron chi connectivity index (χ3n) is 5.67. The minimum absolute atomic E-state index is 0.117. The van der Waals surface area contributed by atoms with Crippen LogP contribution in [-0.4, -0.2) is 22.9 Å². The molecule has 0 fully saturated rings. The molecule has 6 nitrogen and oxygen atoms in total. The molecule has 1 aliphatic carbocycles. The fourth-order valence-electron chi connectivity index (χ4n) is 3.98. The van der Waals surface area contributed by atoms with Gasteiger partial charge in [0.05, 0.1) is 18.4 Å². The van der Waals surface area contributed by atoms with E-state index in [1.165, 1.54) is 5.56 Å². The van der Waals surface area contributed by atoms with E-state index in [1.807, 2.05) is 30.3 Å². The van der Waals surface area contributed by atoms with Crippen molar-refractivity contribution in [3.05, 3.63) is 64.8 Å². The highest BCUT2D eigenvalue weighted by atomic mass is 16.5. The Morgan fingerprint density at radius 3 is 2.72 bits per heavy atom. The maximum Gasteiger partial charge on any atom is 0.230 e. The number of hydrogen-bond donors (Lipinski definition) is 1. The van der Waals surface area contributed by atoms with E-state index in [2.05, 4.69) is 42.1 Å². The summed E-state index contributed by atoms with van der Waals surface area (Å²) in [5, 5.41) is 3.25. The number of nitrogens with zero attached hydrogens (tertiary/aromatic N) is 2. The maximum absolute atomic E-state index is 12.4. The monoisotopic (exact) mass is 431 g/mol. The summed E-state index contributed by atoms with van der Waals surface area (Å²) in [7, 11) is 1.65. The van der Waals surface area contributed by atoms with Crippen molar-refractivity contribution in [1.29, 1.82) is 0 Å². The number of fused-ring (bicyclic) bond motifs is 1. The minimum Gasteiger partial charge on any atom is -0.495 e. The number of ether oxygens (including phenoxy) is 2. The van der Waals surface area contributed by atoms with Gasteiger partial charge in [0, 0.05) is 18.2 Å². The van der Waals surface area contributed by atoms with Crippen LogP contribution in [-0.2, 0) is 12.8 Å². The first-order valence-electron chi connectivity index (χ1n) is 11.1. The summed E-state index contributed by atoms with van der Waals surface area (Å²) < 4.78 is 11.8. The molecule has 1 aliphatic rings. The molecule has 1 N–H and O–H groups in total. The molecule has 4 rings (SSSR count). The van der Waals surface area contributed by atoms with Gasteiger partial charge in [-0.15, -0.1) is 0 Å². The number of carbonyl (C=O) groups is 1. The Kier molecular flexibility index (Phi) is 6.40. The Morgan fingerprint density at radius 2 is 1.97 bits per heavy atom. The Morgan fingerprint density at radius 1 is 1.12 bits per heavy atom. The number of rotatable bonds is 8. The molecular weight excluding hydrogens is 402 g/mol. The van der Waals surface area contributed by atoms with Crippen molar-refractivity contribution >= 4 is 17.4 Å². The van der Waals surface area contributed by atoms with Gasteiger partial charge in [0.2, 0.25) is 11.8 Å². The second-order valence-electron chi connectivity index (χ2n) is 8.33. The fraction of sp³-hybridized carbons (Fsp3) is 0.346. The van der Waals surface area contributed by atoms with Crippen molar-refractivity contribution in [2.24, 2.45) is 0 Å². The molecule has 3 aromatic rings. The Balaban J connectivity index is 1.67. The SMILES string of the molecule is CCCc1ccc(Nc2ncc(C(C)C)c(Oc3cccc4c3C(=O)CC4)n2)c(OC)c1. The number of ketones is 1. The molecule has 0 aliphatic heterocycles. The van der Waals surface area contributed by atoms with E-state index in [1.54, 1.807) is 13.3 Å². The molecule has 32 heavy (non-hydrogen) atoms. The van der Waals surface area contributed by atoms with Gasteiger partial charge in [0.1, 0.15) is 11.5 Å². The van der Waals surface area contributed by atoms with Crippen LogP contribution in [0, 0.1) is 0 Å². The molecule has 0 saturated heterocycles. The van der Waals surface area contributed by atoms with E-state index in [4.69, 9.17) is 9.47 Å². The van der Waals surface area contributed by atoms with E-state index in [0.29, 0.717) is 29.6 Å². The molecule has 0 radical (unpaired) electrons. The Hall–Kier alpha value is -3.41. The number of Topliss-reactive ketones (excluding diaryl/α,β-unsaturated/α-hetero) is 1. The van der Waals surface area contributed by atoms with Crippen molar-refractivity contribution in [3.63, 3.8) is 0 Å². The molecule has 0 amide bonds. The van der Waals surface area contributed by atoms with Crippen LogP contribution >= 0.6 is 0 Å². The standard InChI is InChI=1S/C26H29N3O3/c1-5-7-17-10-12-20(23(14-17)31-4)28-26-27-15-19(16(2)3)25(29-26)32-22-9-6-8-18-11-13-21(30)24(18)22/h6,8-10,12,14-16H,5,7,11,13H2,1-4H3,(H,27,28,29). The number of anilines is 2. The number of methoxy groups -OCH3 is 1. The lowest BCUT2D eigenvalue weighted by atomic mass is 10.1. The van der Waals surface area contributed by atoms with Crippen LogP contribution in [0.1, 0.15) is 66.6 Å². The molecule has 0 unspecified atom stereocenters. The predicted molar refractivity (Wildman–Crippen MR) is 126 cm³/mol. The lowest BCUT2D eigenvalue weighted by molar-refractivity contribution is 0.0992. The first kappa shape index (κ1) is 21.8. The molecule has 1 aromatic heterocycles. The number of carbonyl (C=O) groups excluding carboxylic acids is 1. The van der Waals surface area contributed by atoms with Crippen LogP contribution < -0.4 is 14.8 Å². The molecular formula is C26H29N3O3. The quantitative estimate of drug-likeness (QED) is 0.456. The van der Waals surface area contributed by atoms with Crippen molar-refractivity contribution in [1.82, 2.24) is 9.97 Å². The Bertz CT molecular complexity index is 1140. The van der Waals surface area contributed by atoms with Crippen LogP contribution in [0.4, 0.5) is 11.6 Å². The van der Waals surface area contributed by atoms with Crippen molar-refractivity contribution < 1.29 is 14.3 Å². The summed E-state index contributed by atoms with van der Waals surface area (Å²) in [5.74, 6) is 2.43. The van der Waals surface area contributed by atoms with Crippen LogP contribution in [0.3, 0.4) is 0 Å². The largest absolute Gasteiger partial charge is 0.495 e. The average molecular weight is 432 g/mol. The topological polar surface area (TPSA) is 73.3 Å². The van der Waals surface area contributed by atoms with Gasteiger partial charge in [-0.1, -0.05) is 45.4 Å². The van der Waals surface area contributed by atoms with Gasteiger partial charge in [-0.05, 0) is 48.1 Å². The molecule has 0 saturated carbocycles. The van der Waals surface area contributed by atoms with Gasteiger partial charge < -0.3 is 14.8 Å². The fourth-order valence-corrected chi connectivity index (χ4v) is 3.98. The zero-order valence-electron chi connectivity index (χ0n) is 19.1. The number of hydrogen-bond acceptors (Lipinski definition) is 6. The third-order valence-corrected chi connectivity index (χ3v) is 5.67. The van der Waals surface area contributed by atoms with Crippen molar-refractivity contribution in [3.8, 4) is 17.4 Å². The van der Waals surface area contributed by atoms with Crippen LogP contribution in [0.5, 0.6) is 17.4 Å². The van der Waals surface area contributed by atoms with Gasteiger partial charge in [-0.25, -0.2) is 4.98 Å². The van der Waals surface area contributed by atoms with E-state index >= 15 is 0 Å². The maximum atomic E-state index is 12.4. The number of benzene rings is 2. The summed E-state index contributed by atoms with van der Waals surface area (Å²) in [4.78, 5) is 21.6. The lowest BCUT2D eigenvalue weighted by Gasteiger charge is -2.16. The third kappa shape index (κ3) is 4.44. The average Bonchev–Trinajstić information content (AvgIpc) is 3.17. The van der Waals surface area contributed by atoms with E-state index in [0.717, 1.165) is 41.8 Å². The molecule has 0 bridgehead atoms. The van der Waals surface area contributed by atoms with Gasteiger partial charge >= 0.3 is 0 Å².